The van der Waals surface area contributed by atoms with Crippen molar-refractivity contribution in [2.75, 3.05) is 40.0 Å². The molecule has 4 heteroatoms. The van der Waals surface area contributed by atoms with Crippen molar-refractivity contribution in [1.29, 1.82) is 0 Å². The van der Waals surface area contributed by atoms with Crippen molar-refractivity contribution in [1.82, 2.24) is 4.90 Å². The Balaban J connectivity index is 1.80. The van der Waals surface area contributed by atoms with E-state index in [1.807, 2.05) is 0 Å². The van der Waals surface area contributed by atoms with E-state index in [1.165, 1.54) is 6.42 Å². The molecule has 0 saturated carbocycles. The fourth-order valence-electron chi connectivity index (χ4n) is 2.62. The van der Waals surface area contributed by atoms with Crippen molar-refractivity contribution < 1.29 is 14.3 Å². The number of aldehydes is 1. The summed E-state index contributed by atoms with van der Waals surface area (Å²) in [6, 6.07) is 0. The molecule has 0 aliphatic carbocycles. The summed E-state index contributed by atoms with van der Waals surface area (Å²) in [5.41, 5.74) is -0.270. The summed E-state index contributed by atoms with van der Waals surface area (Å²) in [6.45, 7) is 3.89. The van der Waals surface area contributed by atoms with Crippen molar-refractivity contribution in [3.8, 4) is 0 Å². The number of carbonyl (C=O) groups is 1. The summed E-state index contributed by atoms with van der Waals surface area (Å²) in [6.07, 6.45) is 4.60. The maximum absolute atomic E-state index is 11.2. The van der Waals surface area contributed by atoms with E-state index in [0.29, 0.717) is 19.3 Å². The Morgan fingerprint density at radius 3 is 2.94 bits per heavy atom. The Labute approximate surface area is 96.9 Å². The molecule has 2 heterocycles. The van der Waals surface area contributed by atoms with E-state index in [-0.39, 0.29) is 5.41 Å². The topological polar surface area (TPSA) is 38.8 Å². The van der Waals surface area contributed by atoms with Crippen molar-refractivity contribution in [2.45, 2.75) is 25.4 Å². The van der Waals surface area contributed by atoms with Crippen LogP contribution in [0.4, 0.5) is 0 Å². The molecule has 2 fully saturated rings. The molecule has 0 aromatic heterocycles. The normalized spacial score (nSPS) is 34.8. The van der Waals surface area contributed by atoms with Gasteiger partial charge in [0.2, 0.25) is 0 Å². The average molecular weight is 227 g/mol. The van der Waals surface area contributed by atoms with Crippen LogP contribution in [-0.4, -0.2) is 57.2 Å². The fraction of sp³-hybridized carbons (Fsp3) is 0.917. The number of nitrogens with zero attached hydrogens (tertiary/aromatic N) is 1. The van der Waals surface area contributed by atoms with Gasteiger partial charge < -0.3 is 19.2 Å². The molecule has 0 bridgehead atoms. The lowest BCUT2D eigenvalue weighted by Crippen LogP contribution is -2.40. The highest BCUT2D eigenvalue weighted by atomic mass is 16.5. The van der Waals surface area contributed by atoms with Crippen LogP contribution in [0.1, 0.15) is 19.3 Å². The van der Waals surface area contributed by atoms with E-state index in [9.17, 15) is 4.79 Å². The Bertz CT molecular complexity index is 232. The van der Waals surface area contributed by atoms with Crippen LogP contribution in [0.25, 0.3) is 0 Å². The van der Waals surface area contributed by atoms with E-state index >= 15 is 0 Å². The minimum atomic E-state index is -0.270. The van der Waals surface area contributed by atoms with Gasteiger partial charge in [0.1, 0.15) is 6.29 Å². The molecule has 2 aliphatic rings. The van der Waals surface area contributed by atoms with E-state index in [2.05, 4.69) is 11.9 Å². The first-order valence-corrected chi connectivity index (χ1v) is 6.08. The van der Waals surface area contributed by atoms with Gasteiger partial charge in [0, 0.05) is 26.3 Å². The number of hydrogen-bond acceptors (Lipinski definition) is 4. The van der Waals surface area contributed by atoms with Crippen molar-refractivity contribution >= 4 is 6.29 Å². The zero-order valence-electron chi connectivity index (χ0n) is 9.98. The predicted molar refractivity (Wildman–Crippen MR) is 60.4 cm³/mol. The van der Waals surface area contributed by atoms with Crippen LogP contribution in [-0.2, 0) is 14.3 Å². The van der Waals surface area contributed by atoms with E-state index < -0.39 is 0 Å². The number of ether oxygens (including phenoxy) is 2. The predicted octanol–water partition coefficient (Wildman–Crippen LogP) is 0.703. The summed E-state index contributed by atoms with van der Waals surface area (Å²) >= 11 is 0. The van der Waals surface area contributed by atoms with Gasteiger partial charge in [-0.15, -0.1) is 0 Å². The van der Waals surface area contributed by atoms with Gasteiger partial charge in [-0.1, -0.05) is 0 Å². The van der Waals surface area contributed by atoms with E-state index in [0.717, 1.165) is 38.8 Å². The highest BCUT2D eigenvalue weighted by molar-refractivity contribution is 5.60. The molecule has 0 radical (unpaired) electrons. The maximum Gasteiger partial charge on any atom is 0.129 e. The van der Waals surface area contributed by atoms with Crippen LogP contribution in [0.2, 0.25) is 0 Å². The summed E-state index contributed by atoms with van der Waals surface area (Å²) in [4.78, 5) is 13.4. The lowest BCUT2D eigenvalue weighted by molar-refractivity contribution is -0.117. The van der Waals surface area contributed by atoms with Gasteiger partial charge in [0.05, 0.1) is 18.1 Å². The second kappa shape index (κ2) is 5.25. The molecule has 4 nitrogen and oxygen atoms in total. The number of hydrogen-bond donors (Lipinski definition) is 0. The summed E-state index contributed by atoms with van der Waals surface area (Å²) in [7, 11) is 2.06. The molecule has 2 rings (SSSR count). The quantitative estimate of drug-likeness (QED) is 0.648. The Hall–Kier alpha value is -0.450. The molecule has 0 N–H and O–H groups in total. The van der Waals surface area contributed by atoms with Crippen LogP contribution < -0.4 is 0 Å². The van der Waals surface area contributed by atoms with Gasteiger partial charge in [0.25, 0.3) is 0 Å². The molecule has 0 aromatic rings. The largest absolute Gasteiger partial charge is 0.380 e. The molecule has 0 aromatic carbocycles. The first kappa shape index (κ1) is 12.0. The molecule has 2 unspecified atom stereocenters. The number of likely N-dealkylation sites (N-methyl/N-ethyl adjacent to an activating group) is 1. The van der Waals surface area contributed by atoms with Gasteiger partial charge in [-0.05, 0) is 26.3 Å². The molecule has 16 heavy (non-hydrogen) atoms. The van der Waals surface area contributed by atoms with Gasteiger partial charge in [0.15, 0.2) is 0 Å². The SMILES string of the molecule is CN(CC1CCCO1)CC1(C=O)CCOC1. The van der Waals surface area contributed by atoms with Gasteiger partial charge in [-0.3, -0.25) is 0 Å². The molecule has 2 atom stereocenters. The van der Waals surface area contributed by atoms with Crippen LogP contribution >= 0.6 is 0 Å². The smallest absolute Gasteiger partial charge is 0.129 e. The van der Waals surface area contributed by atoms with Crippen molar-refractivity contribution in [3.63, 3.8) is 0 Å². The minimum Gasteiger partial charge on any atom is -0.380 e. The third-order valence-electron chi connectivity index (χ3n) is 3.51. The van der Waals surface area contributed by atoms with Crippen molar-refractivity contribution in [3.05, 3.63) is 0 Å². The third kappa shape index (κ3) is 2.81. The van der Waals surface area contributed by atoms with Crippen molar-refractivity contribution in [2.24, 2.45) is 5.41 Å². The Morgan fingerprint density at radius 1 is 1.50 bits per heavy atom. The Morgan fingerprint density at radius 2 is 2.38 bits per heavy atom. The maximum atomic E-state index is 11.2. The molecular weight excluding hydrogens is 206 g/mol. The van der Waals surface area contributed by atoms with Crippen LogP contribution in [0.5, 0.6) is 0 Å². The van der Waals surface area contributed by atoms with Crippen LogP contribution in [0, 0.1) is 5.41 Å². The fourth-order valence-corrected chi connectivity index (χ4v) is 2.62. The highest BCUT2D eigenvalue weighted by Crippen LogP contribution is 2.27. The zero-order chi connectivity index (χ0) is 11.4. The summed E-state index contributed by atoms with van der Waals surface area (Å²) < 4.78 is 10.9. The highest BCUT2D eigenvalue weighted by Gasteiger charge is 2.36. The van der Waals surface area contributed by atoms with Crippen LogP contribution in [0.3, 0.4) is 0 Å². The standard InChI is InChI=1S/C12H21NO3/c1-13(7-11-3-2-5-16-11)8-12(9-14)4-6-15-10-12/h9,11H,2-8,10H2,1H3. The minimum absolute atomic E-state index is 0.270. The van der Waals surface area contributed by atoms with E-state index in [4.69, 9.17) is 9.47 Å². The first-order chi connectivity index (χ1) is 7.74. The summed E-state index contributed by atoms with van der Waals surface area (Å²) in [5.74, 6) is 0. The molecular formula is C12H21NO3. The molecule has 92 valence electrons. The second-order valence-electron chi connectivity index (χ2n) is 5.11. The van der Waals surface area contributed by atoms with Crippen LogP contribution in [0.15, 0.2) is 0 Å². The number of rotatable bonds is 5. The van der Waals surface area contributed by atoms with E-state index in [1.54, 1.807) is 0 Å². The Kier molecular flexibility index (Phi) is 3.95. The molecule has 2 saturated heterocycles. The lowest BCUT2D eigenvalue weighted by Gasteiger charge is -2.28. The average Bonchev–Trinajstić information content (AvgIpc) is 2.90. The third-order valence-corrected chi connectivity index (χ3v) is 3.51. The second-order valence-corrected chi connectivity index (χ2v) is 5.11. The van der Waals surface area contributed by atoms with Gasteiger partial charge >= 0.3 is 0 Å². The van der Waals surface area contributed by atoms with Gasteiger partial charge in [-0.25, -0.2) is 0 Å². The monoisotopic (exact) mass is 227 g/mol. The molecule has 2 aliphatic heterocycles. The summed E-state index contributed by atoms with van der Waals surface area (Å²) in [5, 5.41) is 0. The first-order valence-electron chi connectivity index (χ1n) is 6.08. The number of carbonyl (C=O) groups excluding carboxylic acids is 1. The van der Waals surface area contributed by atoms with Gasteiger partial charge in [-0.2, -0.15) is 0 Å². The zero-order valence-corrected chi connectivity index (χ0v) is 9.98. The lowest BCUT2D eigenvalue weighted by atomic mass is 9.88. The molecule has 0 amide bonds. The molecule has 0 spiro atoms.